The average molecular weight is 226 g/mol. The summed E-state index contributed by atoms with van der Waals surface area (Å²) in [5.41, 5.74) is 0.541. The van der Waals surface area contributed by atoms with Crippen molar-refractivity contribution in [3.8, 4) is 0 Å². The van der Waals surface area contributed by atoms with Gasteiger partial charge in [0.25, 0.3) is 0 Å². The summed E-state index contributed by atoms with van der Waals surface area (Å²) in [4.78, 5) is 0. The van der Waals surface area contributed by atoms with E-state index in [9.17, 15) is 0 Å². The van der Waals surface area contributed by atoms with E-state index in [1.807, 2.05) is 11.8 Å². The first-order valence-corrected chi connectivity index (χ1v) is 7.38. The summed E-state index contributed by atoms with van der Waals surface area (Å²) in [6.45, 7) is 9.34. The predicted octanol–water partition coefficient (Wildman–Crippen LogP) is 5.11. The minimum Gasteiger partial charge on any atom is -0.134 e. The Kier molecular flexibility index (Phi) is 5.25. The van der Waals surface area contributed by atoms with E-state index in [-0.39, 0.29) is 0 Å². The third-order valence-corrected chi connectivity index (χ3v) is 4.40. The smallest absolute Gasteiger partial charge is 0.00656 e. The third kappa shape index (κ3) is 4.63. The molecule has 0 aliphatic carbocycles. The molecule has 1 aliphatic heterocycles. The van der Waals surface area contributed by atoms with E-state index in [2.05, 4.69) is 39.2 Å². The SMILES string of the molecule is CC(C)CCC1(CCC(C)C)C=CSC1. The molecule has 0 fully saturated rings. The van der Waals surface area contributed by atoms with Crippen molar-refractivity contribution in [2.75, 3.05) is 5.75 Å². The van der Waals surface area contributed by atoms with Crippen LogP contribution in [0.1, 0.15) is 53.4 Å². The number of rotatable bonds is 6. The van der Waals surface area contributed by atoms with Gasteiger partial charge in [-0.25, -0.2) is 0 Å². The first-order chi connectivity index (χ1) is 7.04. The van der Waals surface area contributed by atoms with Crippen LogP contribution >= 0.6 is 11.8 Å². The molecule has 0 unspecified atom stereocenters. The maximum atomic E-state index is 2.49. The normalized spacial score (nSPS) is 19.3. The van der Waals surface area contributed by atoms with E-state index < -0.39 is 0 Å². The Balaban J connectivity index is 2.43. The van der Waals surface area contributed by atoms with Gasteiger partial charge in [-0.3, -0.25) is 0 Å². The number of thioether (sulfide) groups is 1. The molecule has 0 saturated carbocycles. The van der Waals surface area contributed by atoms with Crippen molar-refractivity contribution >= 4 is 11.8 Å². The van der Waals surface area contributed by atoms with Crippen LogP contribution in [0.4, 0.5) is 0 Å². The summed E-state index contributed by atoms with van der Waals surface area (Å²) in [7, 11) is 0. The topological polar surface area (TPSA) is 0 Å². The average Bonchev–Trinajstić information content (AvgIpc) is 2.61. The van der Waals surface area contributed by atoms with Crippen LogP contribution in [0.15, 0.2) is 11.5 Å². The van der Waals surface area contributed by atoms with E-state index in [1.54, 1.807) is 0 Å². The van der Waals surface area contributed by atoms with Crippen LogP contribution < -0.4 is 0 Å². The molecule has 1 rings (SSSR count). The van der Waals surface area contributed by atoms with Crippen molar-refractivity contribution in [3.63, 3.8) is 0 Å². The fourth-order valence-corrected chi connectivity index (χ4v) is 3.24. The molecule has 0 aromatic carbocycles. The fourth-order valence-electron chi connectivity index (χ4n) is 2.04. The zero-order chi connectivity index (χ0) is 11.3. The zero-order valence-electron chi connectivity index (χ0n) is 10.8. The molecule has 0 saturated heterocycles. The van der Waals surface area contributed by atoms with Crippen LogP contribution in [-0.4, -0.2) is 5.75 Å². The minimum atomic E-state index is 0.541. The maximum Gasteiger partial charge on any atom is 0.00656 e. The van der Waals surface area contributed by atoms with Crippen LogP contribution in [0.25, 0.3) is 0 Å². The van der Waals surface area contributed by atoms with Crippen molar-refractivity contribution in [2.45, 2.75) is 53.4 Å². The van der Waals surface area contributed by atoms with E-state index in [4.69, 9.17) is 0 Å². The van der Waals surface area contributed by atoms with Gasteiger partial charge in [-0.05, 0) is 35.5 Å². The Morgan fingerprint density at radius 2 is 1.60 bits per heavy atom. The number of hydrogen-bond acceptors (Lipinski definition) is 1. The lowest BCUT2D eigenvalue weighted by molar-refractivity contribution is 0.311. The van der Waals surface area contributed by atoms with Crippen LogP contribution in [0.3, 0.4) is 0 Å². The van der Waals surface area contributed by atoms with Crippen LogP contribution in [-0.2, 0) is 0 Å². The van der Waals surface area contributed by atoms with Gasteiger partial charge in [0.05, 0.1) is 0 Å². The van der Waals surface area contributed by atoms with Gasteiger partial charge in [0.1, 0.15) is 0 Å². The van der Waals surface area contributed by atoms with Crippen molar-refractivity contribution in [2.24, 2.45) is 17.3 Å². The molecule has 88 valence electrons. The van der Waals surface area contributed by atoms with Crippen molar-refractivity contribution in [1.29, 1.82) is 0 Å². The summed E-state index contributed by atoms with van der Waals surface area (Å²) in [6, 6.07) is 0. The zero-order valence-corrected chi connectivity index (χ0v) is 11.6. The van der Waals surface area contributed by atoms with Gasteiger partial charge in [0.15, 0.2) is 0 Å². The second-order valence-corrected chi connectivity index (χ2v) is 6.74. The minimum absolute atomic E-state index is 0.541. The molecule has 0 N–H and O–H groups in total. The van der Waals surface area contributed by atoms with E-state index in [0.29, 0.717) is 5.41 Å². The highest BCUT2D eigenvalue weighted by Crippen LogP contribution is 2.42. The molecule has 0 aromatic heterocycles. The highest BCUT2D eigenvalue weighted by Gasteiger charge is 2.29. The van der Waals surface area contributed by atoms with Gasteiger partial charge >= 0.3 is 0 Å². The Hall–Kier alpha value is 0.0900. The van der Waals surface area contributed by atoms with Gasteiger partial charge in [0, 0.05) is 5.75 Å². The molecule has 0 atom stereocenters. The molecule has 0 radical (unpaired) electrons. The summed E-state index contributed by atoms with van der Waals surface area (Å²) < 4.78 is 0. The largest absolute Gasteiger partial charge is 0.134 e. The fraction of sp³-hybridized carbons (Fsp3) is 0.857. The molecule has 15 heavy (non-hydrogen) atoms. The standard InChI is InChI=1S/C14H26S/c1-12(2)5-7-14(8-6-13(3)4)9-10-15-11-14/h9-10,12-13H,5-8,11H2,1-4H3. The molecular formula is C14H26S. The van der Waals surface area contributed by atoms with Crippen molar-refractivity contribution in [3.05, 3.63) is 11.5 Å². The molecule has 0 amide bonds. The Labute approximate surface area is 99.9 Å². The van der Waals surface area contributed by atoms with Gasteiger partial charge in [-0.15, -0.1) is 11.8 Å². The molecule has 0 spiro atoms. The summed E-state index contributed by atoms with van der Waals surface area (Å²) >= 11 is 2.00. The molecule has 1 heterocycles. The first-order valence-electron chi connectivity index (χ1n) is 6.33. The van der Waals surface area contributed by atoms with E-state index in [0.717, 1.165) is 11.8 Å². The van der Waals surface area contributed by atoms with E-state index in [1.165, 1.54) is 31.4 Å². The molecule has 1 heteroatoms. The van der Waals surface area contributed by atoms with Gasteiger partial charge in [-0.2, -0.15) is 0 Å². The Morgan fingerprint density at radius 3 is 1.93 bits per heavy atom. The molecule has 0 aromatic rings. The third-order valence-electron chi connectivity index (χ3n) is 3.33. The Morgan fingerprint density at radius 1 is 1.07 bits per heavy atom. The Bertz CT molecular complexity index is 191. The summed E-state index contributed by atoms with van der Waals surface area (Å²) in [5, 5.41) is 2.32. The molecule has 1 aliphatic rings. The van der Waals surface area contributed by atoms with Gasteiger partial charge < -0.3 is 0 Å². The second-order valence-electron chi connectivity index (χ2n) is 5.84. The monoisotopic (exact) mass is 226 g/mol. The van der Waals surface area contributed by atoms with Crippen molar-refractivity contribution in [1.82, 2.24) is 0 Å². The number of hydrogen-bond donors (Lipinski definition) is 0. The molecule has 0 nitrogen and oxygen atoms in total. The van der Waals surface area contributed by atoms with Crippen LogP contribution in [0.5, 0.6) is 0 Å². The highest BCUT2D eigenvalue weighted by molar-refractivity contribution is 8.02. The molecular weight excluding hydrogens is 200 g/mol. The van der Waals surface area contributed by atoms with E-state index >= 15 is 0 Å². The molecule has 0 bridgehead atoms. The highest BCUT2D eigenvalue weighted by atomic mass is 32.2. The lowest BCUT2D eigenvalue weighted by Crippen LogP contribution is -2.20. The maximum absolute atomic E-state index is 2.49. The van der Waals surface area contributed by atoms with Crippen LogP contribution in [0.2, 0.25) is 0 Å². The van der Waals surface area contributed by atoms with Gasteiger partial charge in [-0.1, -0.05) is 46.6 Å². The quantitative estimate of drug-likeness (QED) is 0.607. The summed E-state index contributed by atoms with van der Waals surface area (Å²) in [6.07, 6.45) is 8.02. The second kappa shape index (κ2) is 5.98. The lowest BCUT2D eigenvalue weighted by atomic mass is 9.78. The number of allylic oxidation sites excluding steroid dienone is 1. The van der Waals surface area contributed by atoms with Crippen LogP contribution in [0, 0.1) is 17.3 Å². The summed E-state index contributed by atoms with van der Waals surface area (Å²) in [5.74, 6) is 3.02. The lowest BCUT2D eigenvalue weighted by Gasteiger charge is -2.28. The van der Waals surface area contributed by atoms with Crippen molar-refractivity contribution < 1.29 is 0 Å². The van der Waals surface area contributed by atoms with Gasteiger partial charge in [0.2, 0.25) is 0 Å². The first kappa shape index (κ1) is 13.2. The predicted molar refractivity (Wildman–Crippen MR) is 72.2 cm³/mol.